The molecule has 1 saturated heterocycles. The van der Waals surface area contributed by atoms with E-state index in [4.69, 9.17) is 0 Å². The monoisotopic (exact) mass is 523 g/mol. The average molecular weight is 524 g/mol. The maximum absolute atomic E-state index is 15.0. The van der Waals surface area contributed by atoms with E-state index in [2.05, 4.69) is 0 Å². The SMILES string of the molecule is O=C(O)C1CCN(CC(=O)N2CCc3c(n(Cc4ccc(C(F)(F)F)s4)c4c(F)cccc34)C2)CC1. The Hall–Kier alpha value is -2.92. The van der Waals surface area contributed by atoms with Gasteiger partial charge in [-0.1, -0.05) is 12.1 Å². The number of hydrogen-bond donors (Lipinski definition) is 1. The number of benzene rings is 1. The van der Waals surface area contributed by atoms with Crippen LogP contribution in [0.15, 0.2) is 30.3 Å². The summed E-state index contributed by atoms with van der Waals surface area (Å²) in [6.07, 6.45) is -2.91. The first-order valence-corrected chi connectivity index (χ1v) is 12.6. The molecule has 6 nitrogen and oxygen atoms in total. The minimum Gasteiger partial charge on any atom is -0.481 e. The summed E-state index contributed by atoms with van der Waals surface area (Å²) < 4.78 is 56.1. The van der Waals surface area contributed by atoms with Gasteiger partial charge in [0.1, 0.15) is 10.7 Å². The molecular formula is C25H25F4N3O3S. The maximum Gasteiger partial charge on any atom is 0.425 e. The molecule has 3 aromatic rings. The van der Waals surface area contributed by atoms with Gasteiger partial charge in [0.25, 0.3) is 0 Å². The minimum absolute atomic E-state index is 0.0816. The first-order valence-electron chi connectivity index (χ1n) is 11.8. The van der Waals surface area contributed by atoms with Crippen molar-refractivity contribution in [3.63, 3.8) is 0 Å². The average Bonchev–Trinajstić information content (AvgIpc) is 3.43. The lowest BCUT2D eigenvalue weighted by Gasteiger charge is -2.33. The number of hydrogen-bond acceptors (Lipinski definition) is 4. The number of carboxylic acid groups (broad SMARTS) is 1. The van der Waals surface area contributed by atoms with Crippen molar-refractivity contribution in [2.24, 2.45) is 5.92 Å². The van der Waals surface area contributed by atoms with Crippen LogP contribution in [0.3, 0.4) is 0 Å². The number of para-hydroxylation sites is 1. The molecule has 1 fully saturated rings. The molecule has 0 bridgehead atoms. The van der Waals surface area contributed by atoms with Gasteiger partial charge < -0.3 is 14.6 Å². The van der Waals surface area contributed by atoms with Gasteiger partial charge in [-0.05, 0) is 56.1 Å². The predicted octanol–water partition coefficient (Wildman–Crippen LogP) is 4.59. The van der Waals surface area contributed by atoms with Crippen molar-refractivity contribution in [2.75, 3.05) is 26.2 Å². The first-order chi connectivity index (χ1) is 17.1. The summed E-state index contributed by atoms with van der Waals surface area (Å²) >= 11 is 0.638. The topological polar surface area (TPSA) is 65.8 Å². The second-order valence-corrected chi connectivity index (χ2v) is 10.5. The Morgan fingerprint density at radius 3 is 2.50 bits per heavy atom. The molecule has 0 saturated carbocycles. The van der Waals surface area contributed by atoms with E-state index in [-0.39, 0.29) is 31.5 Å². The molecule has 1 aromatic carbocycles. The van der Waals surface area contributed by atoms with Crippen molar-refractivity contribution in [1.82, 2.24) is 14.4 Å². The lowest BCUT2D eigenvalue weighted by atomic mass is 9.97. The van der Waals surface area contributed by atoms with Gasteiger partial charge in [-0.25, -0.2) is 4.39 Å². The van der Waals surface area contributed by atoms with E-state index in [1.54, 1.807) is 15.5 Å². The highest BCUT2D eigenvalue weighted by molar-refractivity contribution is 7.12. The third-order valence-electron chi connectivity index (χ3n) is 7.13. The molecular weight excluding hydrogens is 498 g/mol. The van der Waals surface area contributed by atoms with E-state index < -0.39 is 22.8 Å². The summed E-state index contributed by atoms with van der Waals surface area (Å²) in [5, 5.41) is 9.90. The quantitative estimate of drug-likeness (QED) is 0.497. The third kappa shape index (κ3) is 4.73. The summed E-state index contributed by atoms with van der Waals surface area (Å²) in [6, 6.07) is 7.22. The van der Waals surface area contributed by atoms with Crippen molar-refractivity contribution in [3.05, 3.63) is 57.2 Å². The molecule has 4 heterocycles. The largest absolute Gasteiger partial charge is 0.481 e. The van der Waals surface area contributed by atoms with Gasteiger partial charge in [0.2, 0.25) is 5.91 Å². The number of alkyl halides is 3. The van der Waals surface area contributed by atoms with Crippen molar-refractivity contribution in [2.45, 2.75) is 38.5 Å². The number of carbonyl (C=O) groups excluding carboxylic acids is 1. The van der Waals surface area contributed by atoms with Crippen LogP contribution in [0.2, 0.25) is 0 Å². The van der Waals surface area contributed by atoms with Crippen LogP contribution in [-0.2, 0) is 35.3 Å². The molecule has 0 spiro atoms. The van der Waals surface area contributed by atoms with Gasteiger partial charge in [-0.15, -0.1) is 11.3 Å². The number of carbonyl (C=O) groups is 2. The predicted molar refractivity (Wildman–Crippen MR) is 126 cm³/mol. The number of likely N-dealkylation sites (tertiary alicyclic amines) is 1. The zero-order valence-electron chi connectivity index (χ0n) is 19.4. The molecule has 2 aliphatic heterocycles. The number of aliphatic carboxylic acids is 1. The number of halogens is 4. The Labute approximate surface area is 208 Å². The Bertz CT molecular complexity index is 1310. The molecule has 2 aliphatic rings. The van der Waals surface area contributed by atoms with Crippen LogP contribution in [0.1, 0.15) is 33.9 Å². The van der Waals surface area contributed by atoms with Crippen molar-refractivity contribution in [3.8, 4) is 0 Å². The number of thiophene rings is 1. The number of fused-ring (bicyclic) bond motifs is 3. The van der Waals surface area contributed by atoms with E-state index in [9.17, 15) is 32.3 Å². The molecule has 1 N–H and O–H groups in total. The number of rotatable bonds is 5. The highest BCUT2D eigenvalue weighted by atomic mass is 32.1. The van der Waals surface area contributed by atoms with Crippen molar-refractivity contribution >= 4 is 34.1 Å². The van der Waals surface area contributed by atoms with Crippen LogP contribution >= 0.6 is 11.3 Å². The number of piperidine rings is 1. The number of nitrogens with zero attached hydrogens (tertiary/aromatic N) is 3. The zero-order valence-corrected chi connectivity index (χ0v) is 20.2. The Kier molecular flexibility index (Phi) is 6.54. The van der Waals surface area contributed by atoms with Gasteiger partial charge in [0, 0.05) is 22.5 Å². The van der Waals surface area contributed by atoms with E-state index in [0.717, 1.165) is 22.7 Å². The molecule has 0 aliphatic carbocycles. The van der Waals surface area contributed by atoms with Crippen LogP contribution in [0.4, 0.5) is 17.6 Å². The second-order valence-electron chi connectivity index (χ2n) is 9.37. The minimum atomic E-state index is -4.44. The number of amides is 1. The molecule has 1 amide bonds. The Balaban J connectivity index is 1.39. The molecule has 36 heavy (non-hydrogen) atoms. The smallest absolute Gasteiger partial charge is 0.425 e. The fraction of sp³-hybridized carbons (Fsp3) is 0.440. The molecule has 0 unspecified atom stereocenters. The number of carboxylic acids is 1. The lowest BCUT2D eigenvalue weighted by Crippen LogP contribution is -2.45. The van der Waals surface area contributed by atoms with E-state index in [1.165, 1.54) is 12.1 Å². The summed E-state index contributed by atoms with van der Waals surface area (Å²) in [6.45, 7) is 2.03. The molecule has 0 radical (unpaired) electrons. The molecule has 5 rings (SSSR count). The van der Waals surface area contributed by atoms with Crippen LogP contribution < -0.4 is 0 Å². The van der Waals surface area contributed by atoms with Crippen LogP contribution in [-0.4, -0.2) is 57.5 Å². The van der Waals surface area contributed by atoms with E-state index in [0.29, 0.717) is 60.6 Å². The molecule has 2 aromatic heterocycles. The molecule has 0 atom stereocenters. The second kappa shape index (κ2) is 9.51. The fourth-order valence-electron chi connectivity index (χ4n) is 5.24. The summed E-state index contributed by atoms with van der Waals surface area (Å²) in [5.41, 5.74) is 2.00. The van der Waals surface area contributed by atoms with E-state index >= 15 is 0 Å². The van der Waals surface area contributed by atoms with E-state index in [1.807, 2.05) is 11.0 Å². The van der Waals surface area contributed by atoms with Gasteiger partial charge in [0.15, 0.2) is 0 Å². The Morgan fingerprint density at radius 1 is 1.08 bits per heavy atom. The summed E-state index contributed by atoms with van der Waals surface area (Å²) in [4.78, 5) is 27.7. The summed E-state index contributed by atoms with van der Waals surface area (Å²) in [5.74, 6) is -1.73. The first kappa shape index (κ1) is 24.8. The van der Waals surface area contributed by atoms with Gasteiger partial charge in [-0.3, -0.25) is 14.5 Å². The molecule has 192 valence electrons. The van der Waals surface area contributed by atoms with Crippen molar-refractivity contribution < 1.29 is 32.3 Å². The Morgan fingerprint density at radius 2 is 1.83 bits per heavy atom. The lowest BCUT2D eigenvalue weighted by molar-refractivity contribution is -0.143. The van der Waals surface area contributed by atoms with Gasteiger partial charge in [0.05, 0.1) is 31.1 Å². The highest BCUT2D eigenvalue weighted by Gasteiger charge is 2.33. The van der Waals surface area contributed by atoms with Crippen LogP contribution in [0.25, 0.3) is 10.9 Å². The van der Waals surface area contributed by atoms with Crippen LogP contribution in [0, 0.1) is 11.7 Å². The zero-order chi connectivity index (χ0) is 25.6. The summed E-state index contributed by atoms with van der Waals surface area (Å²) in [7, 11) is 0. The van der Waals surface area contributed by atoms with Gasteiger partial charge >= 0.3 is 12.1 Å². The maximum atomic E-state index is 15.0. The standard InChI is InChI=1S/C25H25F4N3O3S/c26-19-3-1-2-18-17-8-11-31(22(33)14-30-9-6-15(7-10-30)24(34)35)13-20(17)32(23(18)19)12-16-4-5-21(36-16)25(27,28)29/h1-5,15H,6-14H2,(H,34,35). The van der Waals surface area contributed by atoms with Crippen molar-refractivity contribution in [1.29, 1.82) is 0 Å². The fourth-order valence-corrected chi connectivity index (χ4v) is 6.10. The third-order valence-corrected chi connectivity index (χ3v) is 8.25. The van der Waals surface area contributed by atoms with Gasteiger partial charge in [-0.2, -0.15) is 13.2 Å². The highest BCUT2D eigenvalue weighted by Crippen LogP contribution is 2.37. The van der Waals surface area contributed by atoms with Crippen LogP contribution in [0.5, 0.6) is 0 Å². The normalized spacial score (nSPS) is 17.5. The number of aromatic nitrogens is 1. The molecule has 11 heteroatoms.